The van der Waals surface area contributed by atoms with Crippen LogP contribution in [0.4, 0.5) is 0 Å². The smallest absolute Gasteiger partial charge is 0.243 e. The van der Waals surface area contributed by atoms with E-state index in [-0.39, 0.29) is 12.4 Å². The highest BCUT2D eigenvalue weighted by Gasteiger charge is 2.33. The minimum atomic E-state index is -3.31. The molecular formula is C16H25ClN2O2S. The molecule has 0 spiro atoms. The number of sulfonamides is 1. The first kappa shape index (κ1) is 17.7. The zero-order valence-electron chi connectivity index (χ0n) is 13.0. The average molecular weight is 345 g/mol. The van der Waals surface area contributed by atoms with Crippen LogP contribution in [0, 0.1) is 12.8 Å². The Morgan fingerprint density at radius 3 is 2.27 bits per heavy atom. The Bertz CT molecular complexity index is 575. The largest absolute Gasteiger partial charge is 0.314 e. The Morgan fingerprint density at radius 2 is 1.73 bits per heavy atom. The van der Waals surface area contributed by atoms with Gasteiger partial charge in [-0.15, -0.1) is 12.4 Å². The van der Waals surface area contributed by atoms with Crippen molar-refractivity contribution in [2.45, 2.75) is 43.5 Å². The lowest BCUT2D eigenvalue weighted by Gasteiger charge is -2.34. The van der Waals surface area contributed by atoms with Crippen molar-refractivity contribution < 1.29 is 8.42 Å². The van der Waals surface area contributed by atoms with Crippen molar-refractivity contribution in [3.63, 3.8) is 0 Å². The van der Waals surface area contributed by atoms with E-state index in [0.29, 0.717) is 29.9 Å². The summed E-state index contributed by atoms with van der Waals surface area (Å²) in [6.45, 7) is 4.39. The second kappa shape index (κ2) is 7.30. The van der Waals surface area contributed by atoms with Gasteiger partial charge in [-0.3, -0.25) is 0 Å². The van der Waals surface area contributed by atoms with Gasteiger partial charge in [-0.2, -0.15) is 4.31 Å². The number of benzene rings is 1. The maximum atomic E-state index is 12.6. The van der Waals surface area contributed by atoms with Gasteiger partial charge in [0.1, 0.15) is 0 Å². The molecule has 124 valence electrons. The second-order valence-corrected chi connectivity index (χ2v) is 8.20. The molecule has 2 saturated heterocycles. The van der Waals surface area contributed by atoms with Crippen LogP contribution in [-0.4, -0.2) is 38.4 Å². The number of aryl methyl sites for hydroxylation is 1. The number of piperidine rings is 1. The Hall–Kier alpha value is -0.620. The predicted molar refractivity (Wildman–Crippen MR) is 90.9 cm³/mol. The van der Waals surface area contributed by atoms with Gasteiger partial charge >= 0.3 is 0 Å². The molecule has 1 aromatic carbocycles. The Labute approximate surface area is 139 Å². The molecule has 1 aromatic rings. The van der Waals surface area contributed by atoms with Crippen molar-refractivity contribution in [3.05, 3.63) is 29.8 Å². The highest BCUT2D eigenvalue weighted by atomic mass is 35.5. The number of halogens is 1. The van der Waals surface area contributed by atoms with Crippen molar-refractivity contribution in [2.75, 3.05) is 19.6 Å². The van der Waals surface area contributed by atoms with Crippen molar-refractivity contribution in [1.82, 2.24) is 9.62 Å². The molecule has 1 unspecified atom stereocenters. The van der Waals surface area contributed by atoms with Gasteiger partial charge in [0.05, 0.1) is 4.90 Å². The summed E-state index contributed by atoms with van der Waals surface area (Å²) in [6.07, 6.45) is 4.45. The van der Waals surface area contributed by atoms with Crippen LogP contribution < -0.4 is 5.32 Å². The maximum Gasteiger partial charge on any atom is 0.243 e. The molecule has 2 aliphatic heterocycles. The number of hydrogen-bond acceptors (Lipinski definition) is 3. The SMILES string of the molecule is Cc1ccc(S(=O)(=O)N2CCC(C3CCCN3)CC2)cc1.Cl. The molecular weight excluding hydrogens is 320 g/mol. The standard InChI is InChI=1S/C16H24N2O2S.ClH/c1-13-4-6-15(7-5-13)21(19,20)18-11-8-14(9-12-18)16-3-2-10-17-16;/h4-7,14,16-17H,2-3,8-12H2,1H3;1H. The van der Waals surface area contributed by atoms with E-state index in [4.69, 9.17) is 0 Å². The van der Waals surface area contributed by atoms with Crippen LogP contribution in [-0.2, 0) is 10.0 Å². The first-order valence-corrected chi connectivity index (χ1v) is 9.31. The van der Waals surface area contributed by atoms with Crippen molar-refractivity contribution in [1.29, 1.82) is 0 Å². The summed E-state index contributed by atoms with van der Waals surface area (Å²) in [5, 5.41) is 3.55. The molecule has 3 rings (SSSR count). The first-order chi connectivity index (χ1) is 10.1. The zero-order valence-corrected chi connectivity index (χ0v) is 14.6. The lowest BCUT2D eigenvalue weighted by molar-refractivity contribution is 0.234. The van der Waals surface area contributed by atoms with Crippen molar-refractivity contribution >= 4 is 22.4 Å². The van der Waals surface area contributed by atoms with E-state index in [1.165, 1.54) is 12.8 Å². The fraction of sp³-hybridized carbons (Fsp3) is 0.625. The van der Waals surface area contributed by atoms with Crippen LogP contribution in [0.5, 0.6) is 0 Å². The normalized spacial score (nSPS) is 24.1. The minimum absolute atomic E-state index is 0. The third-order valence-electron chi connectivity index (χ3n) is 4.82. The molecule has 0 radical (unpaired) electrons. The van der Waals surface area contributed by atoms with Gasteiger partial charge in [0, 0.05) is 19.1 Å². The van der Waals surface area contributed by atoms with Crippen LogP contribution in [0.3, 0.4) is 0 Å². The van der Waals surface area contributed by atoms with E-state index < -0.39 is 10.0 Å². The molecule has 6 heteroatoms. The van der Waals surface area contributed by atoms with Gasteiger partial charge in [-0.25, -0.2) is 8.42 Å². The van der Waals surface area contributed by atoms with Crippen LogP contribution in [0.2, 0.25) is 0 Å². The van der Waals surface area contributed by atoms with E-state index in [1.54, 1.807) is 16.4 Å². The molecule has 1 atom stereocenters. The van der Waals surface area contributed by atoms with E-state index in [2.05, 4.69) is 5.32 Å². The highest BCUT2D eigenvalue weighted by Crippen LogP contribution is 2.28. The van der Waals surface area contributed by atoms with Crippen molar-refractivity contribution in [3.8, 4) is 0 Å². The van der Waals surface area contributed by atoms with Crippen LogP contribution in [0.1, 0.15) is 31.2 Å². The molecule has 22 heavy (non-hydrogen) atoms. The summed E-state index contributed by atoms with van der Waals surface area (Å²) in [5.41, 5.74) is 1.08. The number of hydrogen-bond donors (Lipinski definition) is 1. The summed E-state index contributed by atoms with van der Waals surface area (Å²) in [6, 6.07) is 7.77. The molecule has 2 fully saturated rings. The maximum absolute atomic E-state index is 12.6. The highest BCUT2D eigenvalue weighted by molar-refractivity contribution is 7.89. The summed E-state index contributed by atoms with van der Waals surface area (Å²) < 4.78 is 26.9. The van der Waals surface area contributed by atoms with Crippen LogP contribution in [0.15, 0.2) is 29.2 Å². The monoisotopic (exact) mass is 344 g/mol. The molecule has 4 nitrogen and oxygen atoms in total. The first-order valence-electron chi connectivity index (χ1n) is 7.87. The van der Waals surface area contributed by atoms with E-state index >= 15 is 0 Å². The van der Waals surface area contributed by atoms with Gasteiger partial charge in [0.2, 0.25) is 10.0 Å². The van der Waals surface area contributed by atoms with Crippen molar-refractivity contribution in [2.24, 2.45) is 5.92 Å². The number of rotatable bonds is 3. The fourth-order valence-electron chi connectivity index (χ4n) is 3.49. The second-order valence-electron chi connectivity index (χ2n) is 6.26. The van der Waals surface area contributed by atoms with E-state index in [1.807, 2.05) is 19.1 Å². The number of nitrogens with zero attached hydrogens (tertiary/aromatic N) is 1. The Morgan fingerprint density at radius 1 is 1.09 bits per heavy atom. The lowest BCUT2D eigenvalue weighted by atomic mass is 9.89. The van der Waals surface area contributed by atoms with Gasteiger partial charge in [-0.1, -0.05) is 17.7 Å². The third kappa shape index (κ3) is 3.65. The molecule has 0 bridgehead atoms. The van der Waals surface area contributed by atoms with Crippen LogP contribution in [0.25, 0.3) is 0 Å². The molecule has 0 amide bonds. The van der Waals surface area contributed by atoms with Gasteiger partial charge in [0.15, 0.2) is 0 Å². The third-order valence-corrected chi connectivity index (χ3v) is 6.74. The average Bonchev–Trinajstić information content (AvgIpc) is 3.02. The molecule has 1 N–H and O–H groups in total. The Kier molecular flexibility index (Phi) is 5.88. The summed E-state index contributed by atoms with van der Waals surface area (Å²) in [7, 11) is -3.31. The summed E-state index contributed by atoms with van der Waals surface area (Å²) in [5.74, 6) is 0.636. The van der Waals surface area contributed by atoms with Gasteiger partial charge in [-0.05, 0) is 57.2 Å². The Balaban J connectivity index is 0.00000176. The topological polar surface area (TPSA) is 49.4 Å². The fourth-order valence-corrected chi connectivity index (χ4v) is 4.96. The van der Waals surface area contributed by atoms with E-state index in [9.17, 15) is 8.42 Å². The summed E-state index contributed by atoms with van der Waals surface area (Å²) in [4.78, 5) is 0.422. The van der Waals surface area contributed by atoms with Gasteiger partial charge in [0.25, 0.3) is 0 Å². The van der Waals surface area contributed by atoms with E-state index in [0.717, 1.165) is 24.9 Å². The molecule has 2 heterocycles. The lowest BCUT2D eigenvalue weighted by Crippen LogP contribution is -2.43. The van der Waals surface area contributed by atoms with Gasteiger partial charge < -0.3 is 5.32 Å². The quantitative estimate of drug-likeness (QED) is 0.916. The predicted octanol–water partition coefficient (Wildman–Crippen LogP) is 2.57. The molecule has 0 aliphatic carbocycles. The minimum Gasteiger partial charge on any atom is -0.314 e. The molecule has 0 saturated carbocycles. The van der Waals surface area contributed by atoms with Crippen LogP contribution >= 0.6 is 12.4 Å². The molecule has 0 aromatic heterocycles. The zero-order chi connectivity index (χ0) is 14.9. The summed E-state index contributed by atoms with van der Waals surface area (Å²) >= 11 is 0. The number of nitrogens with one attached hydrogen (secondary N) is 1. The molecule has 2 aliphatic rings.